The molecule has 0 aromatic carbocycles. The molecule has 4 rings (SSSR count). The Morgan fingerprint density at radius 3 is 2.77 bits per heavy atom. The number of aliphatic hydroxyl groups is 1. The summed E-state index contributed by atoms with van der Waals surface area (Å²) in [5, 5.41) is 17.0. The van der Waals surface area contributed by atoms with Gasteiger partial charge in [0.2, 0.25) is 5.91 Å². The summed E-state index contributed by atoms with van der Waals surface area (Å²) in [4.78, 5) is 36.4. The van der Waals surface area contributed by atoms with Gasteiger partial charge in [-0.25, -0.2) is 10.8 Å². The van der Waals surface area contributed by atoms with Gasteiger partial charge in [0.1, 0.15) is 17.2 Å². The Labute approximate surface area is 204 Å². The first-order chi connectivity index (χ1) is 16.9. The molecule has 35 heavy (non-hydrogen) atoms. The van der Waals surface area contributed by atoms with Crippen LogP contribution in [0.25, 0.3) is 0 Å². The molecule has 0 bridgehead atoms. The molecular formula is C24H32N8O3. The molecule has 1 aliphatic heterocycles. The topological polar surface area (TPSA) is 163 Å². The molecule has 0 saturated heterocycles. The third-order valence-corrected chi connectivity index (χ3v) is 6.67. The van der Waals surface area contributed by atoms with Crippen LogP contribution in [0.1, 0.15) is 59.9 Å². The fourth-order valence-electron chi connectivity index (χ4n) is 4.55. The van der Waals surface area contributed by atoms with Crippen molar-refractivity contribution >= 4 is 23.5 Å². The molecule has 11 nitrogen and oxygen atoms in total. The van der Waals surface area contributed by atoms with E-state index < -0.39 is 11.9 Å². The first-order valence-electron chi connectivity index (χ1n) is 11.9. The summed E-state index contributed by atoms with van der Waals surface area (Å²) in [6.07, 6.45) is 6.62. The first-order valence-corrected chi connectivity index (χ1v) is 11.9. The average molecular weight is 481 g/mol. The van der Waals surface area contributed by atoms with Gasteiger partial charge in [-0.1, -0.05) is 18.9 Å². The first kappa shape index (κ1) is 24.6. The highest BCUT2D eigenvalue weighted by Crippen LogP contribution is 2.29. The van der Waals surface area contributed by atoms with E-state index in [9.17, 15) is 14.7 Å². The molecule has 2 aromatic rings. The summed E-state index contributed by atoms with van der Waals surface area (Å²) in [7, 11) is 0. The number of anilines is 1. The molecule has 1 aliphatic carbocycles. The van der Waals surface area contributed by atoms with Gasteiger partial charge in [-0.3, -0.25) is 19.6 Å². The number of pyridine rings is 2. The number of rotatable bonds is 6. The van der Waals surface area contributed by atoms with Gasteiger partial charge in [-0.15, -0.1) is 0 Å². The highest BCUT2D eigenvalue weighted by atomic mass is 16.3. The van der Waals surface area contributed by atoms with Gasteiger partial charge in [0.25, 0.3) is 5.91 Å². The Morgan fingerprint density at radius 2 is 2.06 bits per heavy atom. The number of carbonyl (C=O) groups is 2. The summed E-state index contributed by atoms with van der Waals surface area (Å²) < 4.78 is 0. The number of aliphatic hydroxyl groups excluding tert-OH is 1. The number of nitrogens with zero attached hydrogens (tertiary/aromatic N) is 5. The average Bonchev–Trinajstić information content (AvgIpc) is 3.42. The normalized spacial score (nSPS) is 17.1. The zero-order chi connectivity index (χ0) is 24.9. The fraction of sp³-hybridized carbons (Fsp3) is 0.458. The molecule has 1 unspecified atom stereocenters. The van der Waals surface area contributed by atoms with E-state index >= 15 is 0 Å². The third-order valence-electron chi connectivity index (χ3n) is 6.67. The molecule has 3 heterocycles. The van der Waals surface area contributed by atoms with Gasteiger partial charge in [0.05, 0.1) is 12.6 Å². The Hall–Kier alpha value is -3.57. The number of amidine groups is 1. The van der Waals surface area contributed by atoms with E-state index in [4.69, 9.17) is 11.7 Å². The number of aromatic nitrogens is 2. The van der Waals surface area contributed by atoms with Crippen LogP contribution in [-0.2, 0) is 17.8 Å². The molecule has 186 valence electrons. The zero-order valence-corrected chi connectivity index (χ0v) is 19.9. The van der Waals surface area contributed by atoms with E-state index in [1.807, 2.05) is 4.90 Å². The predicted molar refractivity (Wildman–Crippen MR) is 131 cm³/mol. The smallest absolute Gasteiger partial charge is 0.275 e. The Balaban J connectivity index is 1.47. The lowest BCUT2D eigenvalue weighted by molar-refractivity contribution is -0.136. The lowest BCUT2D eigenvalue weighted by Gasteiger charge is -2.31. The number of fused-ring (bicyclic) bond motifs is 1. The molecule has 1 saturated carbocycles. The van der Waals surface area contributed by atoms with E-state index in [1.54, 1.807) is 37.4 Å². The van der Waals surface area contributed by atoms with Crippen LogP contribution in [0.2, 0.25) is 0 Å². The van der Waals surface area contributed by atoms with Gasteiger partial charge in [0.15, 0.2) is 5.84 Å². The minimum Gasteiger partial charge on any atom is -0.394 e. The van der Waals surface area contributed by atoms with Crippen molar-refractivity contribution in [2.24, 2.45) is 22.7 Å². The molecule has 6 N–H and O–H groups in total. The van der Waals surface area contributed by atoms with Crippen molar-refractivity contribution in [3.8, 4) is 0 Å². The van der Waals surface area contributed by atoms with Crippen LogP contribution >= 0.6 is 0 Å². The molecule has 1 fully saturated rings. The van der Waals surface area contributed by atoms with Crippen molar-refractivity contribution in [1.82, 2.24) is 19.9 Å². The standard InChI is InChI=1S/C24H32N8O3/c1-15(14-33)32(26)22(30-25)19-7-4-8-21(28-19)29-23(34)20-11-18-13-31(10-9-17(18)12-27-20)24(35)16-5-2-3-6-16/h4,7-8,11-12,15-16,33H,2-3,5-6,9-10,13-14,25-26H2,1H3,(H,28,29,34)/b30-22-. The Bertz CT molecular complexity index is 1120. The van der Waals surface area contributed by atoms with Crippen LogP contribution in [0, 0.1) is 5.92 Å². The SMILES string of the molecule is CC(CO)N(N)/C(=N\N)c1cccc(NC(=O)c2cc3c(cn2)CCN(C(=O)C2CCCC2)C3)n1. The molecule has 2 amide bonds. The number of carbonyl (C=O) groups excluding carboxylic acids is 2. The van der Waals surface area contributed by atoms with Crippen LogP contribution in [0.4, 0.5) is 5.82 Å². The van der Waals surface area contributed by atoms with Crippen LogP contribution < -0.4 is 17.0 Å². The highest BCUT2D eigenvalue weighted by molar-refractivity contribution is 6.03. The largest absolute Gasteiger partial charge is 0.394 e. The maximum Gasteiger partial charge on any atom is 0.275 e. The number of hydrogen-bond donors (Lipinski definition) is 4. The summed E-state index contributed by atoms with van der Waals surface area (Å²) in [5.41, 5.74) is 2.58. The minimum absolute atomic E-state index is 0.131. The van der Waals surface area contributed by atoms with E-state index in [2.05, 4.69) is 20.4 Å². The number of hydrogen-bond acceptors (Lipinski definition) is 8. The molecule has 0 radical (unpaired) electrons. The Morgan fingerprint density at radius 1 is 1.29 bits per heavy atom. The summed E-state index contributed by atoms with van der Waals surface area (Å²) in [5.74, 6) is 11.9. The Kier molecular flexibility index (Phi) is 7.57. The fourth-order valence-corrected chi connectivity index (χ4v) is 4.55. The molecule has 1 atom stereocenters. The van der Waals surface area contributed by atoms with Crippen LogP contribution in [0.15, 0.2) is 35.6 Å². The van der Waals surface area contributed by atoms with Crippen molar-refractivity contribution in [2.75, 3.05) is 18.5 Å². The van der Waals surface area contributed by atoms with Crippen LogP contribution in [0.5, 0.6) is 0 Å². The second-order valence-electron chi connectivity index (χ2n) is 9.08. The monoisotopic (exact) mass is 480 g/mol. The number of hydrazine groups is 1. The van der Waals surface area contributed by atoms with E-state index in [0.29, 0.717) is 18.8 Å². The van der Waals surface area contributed by atoms with E-state index in [0.717, 1.165) is 43.2 Å². The molecule has 2 aromatic heterocycles. The highest BCUT2D eigenvalue weighted by Gasteiger charge is 2.30. The number of nitrogens with one attached hydrogen (secondary N) is 1. The minimum atomic E-state index is -0.433. The quantitative estimate of drug-likeness (QED) is 0.206. The maximum atomic E-state index is 12.9. The van der Waals surface area contributed by atoms with Gasteiger partial charge in [-0.2, -0.15) is 5.10 Å². The van der Waals surface area contributed by atoms with Gasteiger partial charge >= 0.3 is 0 Å². The summed E-state index contributed by atoms with van der Waals surface area (Å²) >= 11 is 0. The number of nitrogens with two attached hydrogens (primary N) is 2. The third kappa shape index (κ3) is 5.41. The predicted octanol–water partition coefficient (Wildman–Crippen LogP) is 0.981. The van der Waals surface area contributed by atoms with Crippen molar-refractivity contribution < 1.29 is 14.7 Å². The summed E-state index contributed by atoms with van der Waals surface area (Å²) in [6.45, 7) is 2.69. The van der Waals surface area contributed by atoms with Crippen LogP contribution in [0.3, 0.4) is 0 Å². The van der Waals surface area contributed by atoms with E-state index in [-0.39, 0.29) is 35.8 Å². The number of hydrazone groups is 1. The second-order valence-corrected chi connectivity index (χ2v) is 9.08. The zero-order valence-electron chi connectivity index (χ0n) is 19.9. The van der Waals surface area contributed by atoms with Gasteiger partial charge in [-0.05, 0) is 55.5 Å². The van der Waals surface area contributed by atoms with Gasteiger partial charge in [0, 0.05) is 25.2 Å². The van der Waals surface area contributed by atoms with Crippen molar-refractivity contribution in [3.05, 3.63) is 53.0 Å². The molecule has 11 heteroatoms. The van der Waals surface area contributed by atoms with Crippen LogP contribution in [-0.4, -0.2) is 61.8 Å². The van der Waals surface area contributed by atoms with E-state index in [1.165, 1.54) is 5.01 Å². The second kappa shape index (κ2) is 10.8. The maximum absolute atomic E-state index is 12.9. The van der Waals surface area contributed by atoms with Crippen molar-refractivity contribution in [1.29, 1.82) is 0 Å². The lowest BCUT2D eigenvalue weighted by atomic mass is 9.98. The summed E-state index contributed by atoms with van der Waals surface area (Å²) in [6, 6.07) is 6.29. The van der Waals surface area contributed by atoms with Gasteiger partial charge < -0.3 is 21.2 Å². The van der Waals surface area contributed by atoms with Crippen molar-refractivity contribution in [3.63, 3.8) is 0 Å². The molecule has 0 spiro atoms. The molecule has 2 aliphatic rings. The van der Waals surface area contributed by atoms with Crippen molar-refractivity contribution in [2.45, 2.75) is 51.6 Å². The lowest BCUT2D eigenvalue weighted by Crippen LogP contribution is -2.47. The number of amides is 2. The molecular weight excluding hydrogens is 448 g/mol.